The molecule has 5 fully saturated rings. The summed E-state index contributed by atoms with van der Waals surface area (Å²) >= 11 is 0. The number of hydrogen-bond acceptors (Lipinski definition) is 11. The van der Waals surface area contributed by atoms with Crippen LogP contribution in [0.3, 0.4) is 0 Å². The highest BCUT2D eigenvalue weighted by atomic mass is 19.1. The van der Waals surface area contributed by atoms with Gasteiger partial charge in [0.15, 0.2) is 23.8 Å². The first-order valence-electron chi connectivity index (χ1n) is 15.6. The highest BCUT2D eigenvalue weighted by Gasteiger charge is 2.73. The molecule has 13 heteroatoms. The second kappa shape index (κ2) is 11.9. The smallest absolute Gasteiger partial charge is 0.335 e. The Bertz CT molecular complexity index is 1160. The summed E-state index contributed by atoms with van der Waals surface area (Å²) in [5, 5.41) is 39.6. The van der Waals surface area contributed by atoms with Crippen molar-refractivity contribution in [3.05, 3.63) is 0 Å². The van der Waals surface area contributed by atoms with Gasteiger partial charge in [0, 0.05) is 31.1 Å². The molecule has 4 N–H and O–H groups in total. The summed E-state index contributed by atoms with van der Waals surface area (Å²) in [4.78, 5) is 49.1. The number of aliphatic hydroxyl groups excluding tert-OH is 3. The fourth-order valence-electron chi connectivity index (χ4n) is 9.84. The number of carboxylic acids is 1. The van der Waals surface area contributed by atoms with Crippen LogP contribution < -0.4 is 0 Å². The van der Waals surface area contributed by atoms with Crippen LogP contribution in [0, 0.1) is 34.5 Å². The summed E-state index contributed by atoms with van der Waals surface area (Å²) in [6.45, 7) is 5.92. The first kappa shape index (κ1) is 33.2. The van der Waals surface area contributed by atoms with Crippen LogP contribution in [-0.4, -0.2) is 99.3 Å². The van der Waals surface area contributed by atoms with E-state index in [-0.39, 0.29) is 36.1 Å². The lowest BCUT2D eigenvalue weighted by molar-refractivity contribution is -0.292. The van der Waals surface area contributed by atoms with E-state index in [0.717, 1.165) is 6.42 Å². The number of ether oxygens (including phenoxy) is 4. The van der Waals surface area contributed by atoms with Gasteiger partial charge in [-0.15, -0.1) is 0 Å². The summed E-state index contributed by atoms with van der Waals surface area (Å²) in [5.74, 6) is -4.19. The van der Waals surface area contributed by atoms with Crippen molar-refractivity contribution in [1.82, 2.24) is 0 Å². The number of aliphatic carboxylic acids is 1. The van der Waals surface area contributed by atoms with Crippen LogP contribution in [0.25, 0.3) is 0 Å². The zero-order valence-electron chi connectivity index (χ0n) is 25.6. The van der Waals surface area contributed by atoms with Gasteiger partial charge in [-0.2, -0.15) is 0 Å². The number of ketones is 1. The fourth-order valence-corrected chi connectivity index (χ4v) is 9.84. The van der Waals surface area contributed by atoms with Gasteiger partial charge in [-0.3, -0.25) is 14.4 Å². The highest BCUT2D eigenvalue weighted by Crippen LogP contribution is 2.71. The van der Waals surface area contributed by atoms with Gasteiger partial charge in [0.1, 0.15) is 37.1 Å². The second-order valence-electron chi connectivity index (χ2n) is 14.1. The van der Waals surface area contributed by atoms with Gasteiger partial charge in [-0.05, 0) is 68.6 Å². The van der Waals surface area contributed by atoms with Gasteiger partial charge in [0.2, 0.25) is 0 Å². The van der Waals surface area contributed by atoms with E-state index in [1.54, 1.807) is 0 Å². The van der Waals surface area contributed by atoms with E-state index in [4.69, 9.17) is 18.9 Å². The molecule has 1 aliphatic heterocycles. The Balaban J connectivity index is 1.36. The van der Waals surface area contributed by atoms with Gasteiger partial charge >= 0.3 is 17.9 Å². The minimum Gasteiger partial charge on any atom is -0.479 e. The number of alkyl halides is 1. The van der Waals surface area contributed by atoms with Crippen molar-refractivity contribution in [2.45, 2.75) is 128 Å². The lowest BCUT2D eigenvalue weighted by atomic mass is 9.42. The van der Waals surface area contributed by atoms with Crippen LogP contribution >= 0.6 is 0 Å². The van der Waals surface area contributed by atoms with E-state index < -0.39 is 83.7 Å². The average Bonchev–Trinajstić information content (AvgIpc) is 3.28. The van der Waals surface area contributed by atoms with Crippen molar-refractivity contribution in [1.29, 1.82) is 0 Å². The van der Waals surface area contributed by atoms with E-state index in [0.29, 0.717) is 38.5 Å². The van der Waals surface area contributed by atoms with Crippen LogP contribution in [0.15, 0.2) is 0 Å². The number of halogens is 1. The Morgan fingerprint density at radius 1 is 0.886 bits per heavy atom. The number of fused-ring (bicyclic) bond motifs is 5. The number of carboxylic acid groups (broad SMARTS) is 1. The van der Waals surface area contributed by atoms with Crippen LogP contribution in [-0.2, 0) is 38.1 Å². The zero-order chi connectivity index (χ0) is 32.4. The van der Waals surface area contributed by atoms with Crippen molar-refractivity contribution >= 4 is 23.7 Å². The first-order valence-corrected chi connectivity index (χ1v) is 15.6. The van der Waals surface area contributed by atoms with E-state index in [9.17, 15) is 39.6 Å². The van der Waals surface area contributed by atoms with Gasteiger partial charge in [-0.25, -0.2) is 9.18 Å². The van der Waals surface area contributed by atoms with Crippen molar-refractivity contribution < 1.29 is 62.9 Å². The van der Waals surface area contributed by atoms with Crippen LogP contribution in [0.4, 0.5) is 4.39 Å². The molecule has 0 aromatic rings. The molecule has 44 heavy (non-hydrogen) atoms. The van der Waals surface area contributed by atoms with Crippen molar-refractivity contribution in [3.8, 4) is 0 Å². The largest absolute Gasteiger partial charge is 0.479 e. The molecule has 4 aliphatic carbocycles. The number of carbonyl (C=O) groups excluding carboxylic acids is 3. The molecule has 0 amide bonds. The molecule has 5 rings (SSSR count). The molecule has 0 aromatic heterocycles. The van der Waals surface area contributed by atoms with Gasteiger partial charge < -0.3 is 39.4 Å². The maximum atomic E-state index is 18.1. The molecule has 5 aliphatic rings. The molecule has 0 spiro atoms. The minimum absolute atomic E-state index is 0.0677. The van der Waals surface area contributed by atoms with Gasteiger partial charge in [0.25, 0.3) is 0 Å². The van der Waals surface area contributed by atoms with E-state index in [2.05, 4.69) is 0 Å². The predicted octanol–water partition coefficient (Wildman–Crippen LogP) is 1.69. The summed E-state index contributed by atoms with van der Waals surface area (Å²) in [5.41, 5.74) is -3.39. The quantitative estimate of drug-likeness (QED) is 0.300. The molecular weight excluding hydrogens is 583 g/mol. The molecule has 248 valence electrons. The molecular formula is C31H45FO12. The highest BCUT2D eigenvalue weighted by molar-refractivity contribution is 5.83. The number of esters is 2. The van der Waals surface area contributed by atoms with E-state index in [1.165, 1.54) is 13.8 Å². The monoisotopic (exact) mass is 628 g/mol. The number of carbonyl (C=O) groups is 4. The van der Waals surface area contributed by atoms with Crippen LogP contribution in [0.2, 0.25) is 0 Å². The minimum atomic E-state index is -1.89. The summed E-state index contributed by atoms with van der Waals surface area (Å²) in [7, 11) is 0. The molecule has 0 aromatic carbocycles. The summed E-state index contributed by atoms with van der Waals surface area (Å²) in [6.07, 6.45) is -6.46. The normalized spacial score (nSPS) is 48.3. The lowest BCUT2D eigenvalue weighted by Gasteiger charge is -2.65. The van der Waals surface area contributed by atoms with Crippen molar-refractivity contribution in [2.24, 2.45) is 34.5 Å². The maximum Gasteiger partial charge on any atom is 0.335 e. The third-order valence-electron chi connectivity index (χ3n) is 11.9. The SMILES string of the molecule is CC(=O)O[C@H]1CC[C@@]2(C)[C@@H](CCC3C4CC[C@H](C(=O)COC5O[C@H](C(=O)O)[C@@H](O)[C@H](O)[C@H]5O)[C@@]4(C)C[C@@H](OC(C)=O)[C@@]32F)C1. The standard InChI is InChI=1S/C31H45FO12/c1-14(33)42-17-9-10-30(4)16(11-17)5-6-19-18-7-8-20(29(18,3)12-22(31(19,30)32)43-15(2)34)21(35)13-41-28-25(38)23(36)24(37)26(44-28)27(39)40/h16-20,22-26,28,36-38H,5-13H2,1-4H3,(H,39,40)/t16-,17-,18?,19?,20+,22+,23-,24-,25+,26-,28?,29-,30-,31-/m0/s1. The summed E-state index contributed by atoms with van der Waals surface area (Å²) < 4.78 is 40.0. The van der Waals surface area contributed by atoms with Gasteiger partial charge in [-0.1, -0.05) is 13.8 Å². The predicted molar refractivity (Wildman–Crippen MR) is 147 cm³/mol. The van der Waals surface area contributed by atoms with Crippen LogP contribution in [0.5, 0.6) is 0 Å². The Morgan fingerprint density at radius 2 is 1.55 bits per heavy atom. The number of aliphatic hydroxyl groups is 3. The van der Waals surface area contributed by atoms with E-state index >= 15 is 4.39 Å². The number of hydrogen-bond donors (Lipinski definition) is 4. The third-order valence-corrected chi connectivity index (χ3v) is 11.9. The van der Waals surface area contributed by atoms with Gasteiger partial charge in [0.05, 0.1) is 0 Å². The molecule has 0 radical (unpaired) electrons. The Labute approximate surface area is 255 Å². The third kappa shape index (κ3) is 5.26. The van der Waals surface area contributed by atoms with Crippen molar-refractivity contribution in [3.63, 3.8) is 0 Å². The Morgan fingerprint density at radius 3 is 2.18 bits per heavy atom. The molecule has 1 saturated heterocycles. The zero-order valence-corrected chi connectivity index (χ0v) is 25.6. The Hall–Kier alpha value is -2.19. The molecule has 12 nitrogen and oxygen atoms in total. The number of rotatable bonds is 7. The molecule has 14 atom stereocenters. The molecule has 0 bridgehead atoms. The first-order chi connectivity index (χ1) is 20.5. The lowest BCUT2D eigenvalue weighted by Crippen LogP contribution is -2.70. The average molecular weight is 629 g/mol. The fraction of sp³-hybridized carbons (Fsp3) is 0.871. The van der Waals surface area contributed by atoms with Crippen molar-refractivity contribution in [2.75, 3.05) is 6.61 Å². The molecule has 3 unspecified atom stereocenters. The summed E-state index contributed by atoms with van der Waals surface area (Å²) in [6, 6.07) is 0. The molecule has 1 heterocycles. The number of Topliss-reactive ketones (excluding diaryl/α,β-unsaturated/α-hetero) is 1. The van der Waals surface area contributed by atoms with E-state index in [1.807, 2.05) is 13.8 Å². The molecule has 4 saturated carbocycles. The van der Waals surface area contributed by atoms with Crippen LogP contribution in [0.1, 0.15) is 79.1 Å². The Kier molecular flexibility index (Phi) is 8.95. The maximum absolute atomic E-state index is 18.1. The topological polar surface area (TPSA) is 186 Å². The second-order valence-corrected chi connectivity index (χ2v) is 14.1.